The van der Waals surface area contributed by atoms with Gasteiger partial charge in [-0.15, -0.1) is 11.8 Å². The summed E-state index contributed by atoms with van der Waals surface area (Å²) in [5, 5.41) is 13.6. The Morgan fingerprint density at radius 2 is 1.69 bits per heavy atom. The SMILES string of the molecule is C.CC1(c2ccc3ccccc3c2)CCSC(C[C@H](CO)Cc2ccccc2)=N1. The van der Waals surface area contributed by atoms with E-state index in [0.29, 0.717) is 0 Å². The largest absolute Gasteiger partial charge is 0.396 e. The van der Waals surface area contributed by atoms with Gasteiger partial charge in [0, 0.05) is 18.8 Å². The number of aliphatic hydroxyl groups is 1. The Kier molecular flexibility index (Phi) is 7.15. The molecule has 0 fully saturated rings. The number of aliphatic hydroxyl groups excluding tert-OH is 1. The van der Waals surface area contributed by atoms with Gasteiger partial charge in [-0.05, 0) is 53.6 Å². The molecule has 3 aromatic carbocycles. The zero-order valence-electron chi connectivity index (χ0n) is 16.3. The van der Waals surface area contributed by atoms with E-state index in [9.17, 15) is 5.11 Å². The highest BCUT2D eigenvalue weighted by molar-refractivity contribution is 8.14. The summed E-state index contributed by atoms with van der Waals surface area (Å²) in [5.74, 6) is 1.29. The molecular formula is C26H31NOS. The van der Waals surface area contributed by atoms with Crippen LogP contribution in [0, 0.1) is 5.92 Å². The number of fused-ring (bicyclic) bond motifs is 1. The second-order valence-corrected chi connectivity index (χ2v) is 9.05. The molecule has 1 aliphatic heterocycles. The molecule has 0 aromatic heterocycles. The van der Waals surface area contributed by atoms with Crippen molar-refractivity contribution in [3.05, 3.63) is 83.9 Å². The van der Waals surface area contributed by atoms with E-state index < -0.39 is 0 Å². The fourth-order valence-corrected chi connectivity index (χ4v) is 5.32. The minimum atomic E-state index is -0.183. The van der Waals surface area contributed by atoms with Crippen molar-refractivity contribution in [1.29, 1.82) is 0 Å². The van der Waals surface area contributed by atoms with E-state index in [-0.39, 0.29) is 25.5 Å². The Bertz CT molecular complexity index is 969. The van der Waals surface area contributed by atoms with Crippen LogP contribution in [0.2, 0.25) is 0 Å². The summed E-state index contributed by atoms with van der Waals surface area (Å²) in [6.07, 6.45) is 2.78. The number of thioether (sulfide) groups is 1. The van der Waals surface area contributed by atoms with Gasteiger partial charge >= 0.3 is 0 Å². The number of hydrogen-bond acceptors (Lipinski definition) is 3. The standard InChI is InChI=1S/C25H27NOS.CH4/c1-25(23-12-11-21-9-5-6-10-22(21)17-23)13-14-28-24(26-25)16-20(18-27)15-19-7-3-2-4-8-19;/h2-12,17,20,27H,13-16,18H2,1H3;1H4/t20-,25?;/m1./s1. The Morgan fingerprint density at radius 1 is 0.966 bits per heavy atom. The molecule has 1 aliphatic rings. The summed E-state index contributed by atoms with van der Waals surface area (Å²) >= 11 is 1.86. The smallest absolute Gasteiger partial charge is 0.0846 e. The van der Waals surface area contributed by atoms with Gasteiger partial charge in [0.15, 0.2) is 0 Å². The van der Waals surface area contributed by atoms with Crippen LogP contribution in [0.25, 0.3) is 10.8 Å². The first-order chi connectivity index (χ1) is 13.7. The van der Waals surface area contributed by atoms with Gasteiger partial charge in [-0.25, -0.2) is 0 Å². The molecule has 0 amide bonds. The van der Waals surface area contributed by atoms with E-state index in [2.05, 4.69) is 73.7 Å². The molecule has 0 saturated carbocycles. The van der Waals surface area contributed by atoms with Crippen molar-refractivity contribution < 1.29 is 5.11 Å². The van der Waals surface area contributed by atoms with E-state index in [0.717, 1.165) is 25.0 Å². The fourth-order valence-electron chi connectivity index (χ4n) is 3.96. The third kappa shape index (κ3) is 5.09. The number of rotatable bonds is 6. The lowest BCUT2D eigenvalue weighted by atomic mass is 9.88. The summed E-state index contributed by atoms with van der Waals surface area (Å²) in [6, 6.07) is 25.7. The molecule has 29 heavy (non-hydrogen) atoms. The molecule has 0 aliphatic carbocycles. The number of aliphatic imine (C=N–C) groups is 1. The summed E-state index contributed by atoms with van der Waals surface area (Å²) < 4.78 is 0. The van der Waals surface area contributed by atoms with Crippen LogP contribution >= 0.6 is 11.8 Å². The van der Waals surface area contributed by atoms with Gasteiger partial charge in [0.1, 0.15) is 0 Å². The van der Waals surface area contributed by atoms with Crippen molar-refractivity contribution in [3.63, 3.8) is 0 Å². The molecule has 2 atom stereocenters. The Labute approximate surface area is 179 Å². The molecule has 1 heterocycles. The van der Waals surface area contributed by atoms with Crippen LogP contribution in [0.5, 0.6) is 0 Å². The highest BCUT2D eigenvalue weighted by Gasteiger charge is 2.30. The van der Waals surface area contributed by atoms with Crippen molar-refractivity contribution in [2.24, 2.45) is 10.9 Å². The lowest BCUT2D eigenvalue weighted by molar-refractivity contribution is 0.230. The summed E-state index contributed by atoms with van der Waals surface area (Å²) in [7, 11) is 0. The second kappa shape index (κ2) is 9.60. The lowest BCUT2D eigenvalue weighted by Crippen LogP contribution is -2.27. The summed E-state index contributed by atoms with van der Waals surface area (Å²) in [5.41, 5.74) is 2.38. The predicted octanol–water partition coefficient (Wildman–Crippen LogP) is 6.47. The average Bonchev–Trinajstić information content (AvgIpc) is 2.74. The first-order valence-corrected chi connectivity index (χ1v) is 11.0. The maximum atomic E-state index is 9.92. The Balaban J connectivity index is 0.00000240. The van der Waals surface area contributed by atoms with Crippen LogP contribution in [0.4, 0.5) is 0 Å². The monoisotopic (exact) mass is 405 g/mol. The van der Waals surface area contributed by atoms with Crippen molar-refractivity contribution >= 4 is 27.6 Å². The molecule has 0 saturated heterocycles. The third-order valence-electron chi connectivity index (χ3n) is 5.69. The molecule has 152 valence electrons. The van der Waals surface area contributed by atoms with Crippen LogP contribution in [-0.4, -0.2) is 22.5 Å². The van der Waals surface area contributed by atoms with Gasteiger partial charge in [0.05, 0.1) is 10.6 Å². The molecule has 0 radical (unpaired) electrons. The van der Waals surface area contributed by atoms with Crippen LogP contribution in [0.15, 0.2) is 77.8 Å². The molecule has 1 N–H and O–H groups in total. The van der Waals surface area contributed by atoms with Gasteiger partial charge in [0.2, 0.25) is 0 Å². The average molecular weight is 406 g/mol. The van der Waals surface area contributed by atoms with Crippen LogP contribution in [-0.2, 0) is 12.0 Å². The van der Waals surface area contributed by atoms with E-state index in [1.54, 1.807) is 0 Å². The zero-order chi connectivity index (χ0) is 19.4. The number of benzene rings is 3. The van der Waals surface area contributed by atoms with Gasteiger partial charge in [-0.3, -0.25) is 4.99 Å². The fraction of sp³-hybridized carbons (Fsp3) is 0.346. The summed E-state index contributed by atoms with van der Waals surface area (Å²) in [6.45, 7) is 2.45. The maximum Gasteiger partial charge on any atom is 0.0846 e. The van der Waals surface area contributed by atoms with Crippen LogP contribution < -0.4 is 0 Å². The Morgan fingerprint density at radius 3 is 2.45 bits per heavy atom. The van der Waals surface area contributed by atoms with Crippen molar-refractivity contribution in [1.82, 2.24) is 0 Å². The van der Waals surface area contributed by atoms with Gasteiger partial charge in [0.25, 0.3) is 0 Å². The molecular weight excluding hydrogens is 374 g/mol. The van der Waals surface area contributed by atoms with Gasteiger partial charge < -0.3 is 5.11 Å². The molecule has 3 heteroatoms. The quantitative estimate of drug-likeness (QED) is 0.510. The normalized spacial score (nSPS) is 20.0. The van der Waals surface area contributed by atoms with Gasteiger partial charge in [-0.2, -0.15) is 0 Å². The zero-order valence-corrected chi connectivity index (χ0v) is 17.2. The van der Waals surface area contributed by atoms with Crippen LogP contribution in [0.3, 0.4) is 0 Å². The molecule has 0 spiro atoms. The van der Waals surface area contributed by atoms with Crippen molar-refractivity contribution in [3.8, 4) is 0 Å². The van der Waals surface area contributed by atoms with E-state index >= 15 is 0 Å². The van der Waals surface area contributed by atoms with Crippen molar-refractivity contribution in [2.75, 3.05) is 12.4 Å². The molecule has 2 nitrogen and oxygen atoms in total. The predicted molar refractivity (Wildman–Crippen MR) is 128 cm³/mol. The highest BCUT2D eigenvalue weighted by Crippen LogP contribution is 2.38. The van der Waals surface area contributed by atoms with E-state index in [1.165, 1.54) is 26.9 Å². The Hall–Kier alpha value is -2.10. The molecule has 3 aromatic rings. The first kappa shape index (κ1) is 21.6. The van der Waals surface area contributed by atoms with E-state index in [4.69, 9.17) is 4.99 Å². The molecule has 0 bridgehead atoms. The topological polar surface area (TPSA) is 32.6 Å². The van der Waals surface area contributed by atoms with Crippen molar-refractivity contribution in [2.45, 2.75) is 39.2 Å². The molecule has 1 unspecified atom stereocenters. The minimum Gasteiger partial charge on any atom is -0.396 e. The number of hydrogen-bond donors (Lipinski definition) is 1. The molecule has 4 rings (SSSR count). The summed E-state index contributed by atoms with van der Waals surface area (Å²) in [4.78, 5) is 5.19. The highest BCUT2D eigenvalue weighted by atomic mass is 32.2. The third-order valence-corrected chi connectivity index (χ3v) is 6.69. The second-order valence-electron chi connectivity index (χ2n) is 7.88. The lowest BCUT2D eigenvalue weighted by Gasteiger charge is -2.32. The number of nitrogens with zero attached hydrogens (tertiary/aromatic N) is 1. The first-order valence-electron chi connectivity index (χ1n) is 10.0. The van der Waals surface area contributed by atoms with Gasteiger partial charge in [-0.1, -0.05) is 74.2 Å². The van der Waals surface area contributed by atoms with Crippen LogP contribution in [0.1, 0.15) is 38.3 Å². The maximum absolute atomic E-state index is 9.92. The van der Waals surface area contributed by atoms with E-state index in [1.807, 2.05) is 17.8 Å². The minimum absolute atomic E-state index is 0.